The molecule has 0 saturated carbocycles. The highest BCUT2D eigenvalue weighted by Crippen LogP contribution is 2.48. The maximum Gasteiger partial charge on any atom is 0.161 e. The molecule has 0 saturated heterocycles. The van der Waals surface area contributed by atoms with Gasteiger partial charge in [0.2, 0.25) is 0 Å². The summed E-state index contributed by atoms with van der Waals surface area (Å²) >= 11 is 17.4. The number of Topliss-reactive ketones (excluding diaryl/α,β-unsaturated/α-hetero) is 1. The van der Waals surface area contributed by atoms with Crippen LogP contribution >= 0.6 is 50.5 Å². The third-order valence-corrected chi connectivity index (χ3v) is 7.02. The summed E-state index contributed by atoms with van der Waals surface area (Å²) in [5.74, 6) is -0.0899. The Morgan fingerprint density at radius 3 is 2.54 bits per heavy atom. The summed E-state index contributed by atoms with van der Waals surface area (Å²) in [7, 11) is 0. The lowest BCUT2D eigenvalue weighted by atomic mass is 9.78. The highest BCUT2D eigenvalue weighted by atomic mass is 79.9. The summed E-state index contributed by atoms with van der Waals surface area (Å²) in [6.07, 6.45) is 1.89. The van der Waals surface area contributed by atoms with Crippen LogP contribution in [0.4, 0.5) is 5.69 Å². The number of hydrogen-bond acceptors (Lipinski definition) is 5. The molecule has 28 heavy (non-hydrogen) atoms. The molecule has 0 radical (unpaired) electrons. The van der Waals surface area contributed by atoms with E-state index < -0.39 is 5.92 Å². The molecule has 2 N–H and O–H groups in total. The van der Waals surface area contributed by atoms with Crippen LogP contribution in [0.25, 0.3) is 0 Å². The molecular weight excluding hydrogens is 481 g/mol. The molecule has 4 nitrogen and oxygen atoms in total. The van der Waals surface area contributed by atoms with Crippen molar-refractivity contribution in [2.24, 2.45) is 5.73 Å². The van der Waals surface area contributed by atoms with Crippen LogP contribution in [-0.2, 0) is 4.79 Å². The van der Waals surface area contributed by atoms with Gasteiger partial charge >= 0.3 is 0 Å². The van der Waals surface area contributed by atoms with Crippen molar-refractivity contribution in [1.29, 1.82) is 5.26 Å². The molecule has 1 aromatic heterocycles. The van der Waals surface area contributed by atoms with E-state index in [-0.39, 0.29) is 5.78 Å². The summed E-state index contributed by atoms with van der Waals surface area (Å²) < 4.78 is 0.938. The van der Waals surface area contributed by atoms with Crippen molar-refractivity contribution in [3.63, 3.8) is 0 Å². The molecule has 1 aromatic carbocycles. The second kappa shape index (κ2) is 7.57. The van der Waals surface area contributed by atoms with E-state index >= 15 is 0 Å². The first-order valence-corrected chi connectivity index (χ1v) is 10.9. The summed E-state index contributed by atoms with van der Waals surface area (Å²) in [6, 6.07) is 11.2. The summed E-state index contributed by atoms with van der Waals surface area (Å²) in [5.41, 5.74) is 8.97. The molecule has 1 aliphatic heterocycles. The van der Waals surface area contributed by atoms with Gasteiger partial charge in [-0.05, 0) is 59.1 Å². The van der Waals surface area contributed by atoms with Crippen molar-refractivity contribution in [2.45, 2.75) is 25.2 Å². The smallest absolute Gasteiger partial charge is 0.161 e. The van der Waals surface area contributed by atoms with Crippen LogP contribution in [0.5, 0.6) is 0 Å². The zero-order valence-electron chi connectivity index (χ0n) is 14.5. The number of allylic oxidation sites excluding steroid dienone is 3. The van der Waals surface area contributed by atoms with Crippen molar-refractivity contribution in [3.8, 4) is 6.07 Å². The zero-order chi connectivity index (χ0) is 20.0. The van der Waals surface area contributed by atoms with E-state index in [1.807, 2.05) is 12.1 Å². The predicted molar refractivity (Wildman–Crippen MR) is 116 cm³/mol. The fourth-order valence-corrected chi connectivity index (χ4v) is 5.88. The normalized spacial score (nSPS) is 19.7. The summed E-state index contributed by atoms with van der Waals surface area (Å²) in [4.78, 5) is 15.7. The van der Waals surface area contributed by atoms with E-state index in [0.717, 1.165) is 20.8 Å². The van der Waals surface area contributed by atoms with Crippen LogP contribution < -0.4 is 10.6 Å². The van der Waals surface area contributed by atoms with E-state index in [9.17, 15) is 10.1 Å². The number of nitrogens with zero attached hydrogens (tertiary/aromatic N) is 2. The Bertz CT molecular complexity index is 1080. The molecule has 2 aromatic rings. The number of benzene rings is 1. The van der Waals surface area contributed by atoms with Gasteiger partial charge in [-0.15, -0.1) is 11.3 Å². The van der Waals surface area contributed by atoms with Crippen molar-refractivity contribution < 1.29 is 4.79 Å². The van der Waals surface area contributed by atoms with E-state index in [1.165, 1.54) is 11.3 Å². The molecule has 1 unspecified atom stereocenters. The summed E-state index contributed by atoms with van der Waals surface area (Å²) in [5, 5.41) is 10.9. The number of carbonyl (C=O) groups is 1. The highest BCUT2D eigenvalue weighted by Gasteiger charge is 2.40. The van der Waals surface area contributed by atoms with Gasteiger partial charge in [0.25, 0.3) is 0 Å². The monoisotopic (exact) mass is 493 g/mol. The Kier molecular flexibility index (Phi) is 5.28. The molecule has 0 bridgehead atoms. The van der Waals surface area contributed by atoms with Crippen molar-refractivity contribution in [1.82, 2.24) is 0 Å². The van der Waals surface area contributed by atoms with Gasteiger partial charge in [0.1, 0.15) is 5.82 Å². The Labute approximate surface area is 185 Å². The van der Waals surface area contributed by atoms with E-state index in [0.29, 0.717) is 45.5 Å². The predicted octanol–water partition coefficient (Wildman–Crippen LogP) is 6.12. The quantitative estimate of drug-likeness (QED) is 0.545. The van der Waals surface area contributed by atoms with E-state index in [4.69, 9.17) is 28.9 Å². The van der Waals surface area contributed by atoms with Crippen molar-refractivity contribution in [3.05, 3.63) is 71.7 Å². The average Bonchev–Trinajstić information content (AvgIpc) is 3.06. The third-order valence-electron chi connectivity index (χ3n) is 4.90. The first-order chi connectivity index (χ1) is 13.4. The zero-order valence-corrected chi connectivity index (χ0v) is 18.4. The number of thiophene rings is 1. The molecule has 1 aliphatic carbocycles. The number of carbonyl (C=O) groups excluding carboxylic acids is 1. The Balaban J connectivity index is 1.98. The lowest BCUT2D eigenvalue weighted by Gasteiger charge is -2.39. The number of hydrogen-bond donors (Lipinski definition) is 1. The summed E-state index contributed by atoms with van der Waals surface area (Å²) in [6.45, 7) is 0. The molecule has 1 atom stereocenters. The fraction of sp³-hybridized carbons (Fsp3) is 0.200. The molecule has 0 spiro atoms. The number of nitrogens with two attached hydrogens (primary N) is 1. The topological polar surface area (TPSA) is 70.1 Å². The average molecular weight is 495 g/mol. The Morgan fingerprint density at radius 2 is 1.93 bits per heavy atom. The number of ketones is 1. The molecule has 8 heteroatoms. The number of anilines is 1. The van der Waals surface area contributed by atoms with E-state index in [1.54, 1.807) is 23.1 Å². The van der Waals surface area contributed by atoms with Gasteiger partial charge in [-0.2, -0.15) is 5.26 Å². The van der Waals surface area contributed by atoms with Gasteiger partial charge in [-0.1, -0.05) is 23.2 Å². The highest BCUT2D eigenvalue weighted by molar-refractivity contribution is 9.11. The number of nitriles is 1. The molecule has 142 valence electrons. The lowest BCUT2D eigenvalue weighted by molar-refractivity contribution is -0.116. The first kappa shape index (κ1) is 19.5. The van der Waals surface area contributed by atoms with Crippen LogP contribution in [0, 0.1) is 11.3 Å². The maximum absolute atomic E-state index is 13.0. The Morgan fingerprint density at radius 1 is 1.21 bits per heavy atom. The van der Waals surface area contributed by atoms with Crippen LogP contribution in [0.15, 0.2) is 56.8 Å². The molecule has 0 fully saturated rings. The number of halogens is 3. The van der Waals surface area contributed by atoms with E-state index in [2.05, 4.69) is 22.0 Å². The first-order valence-electron chi connectivity index (χ1n) is 8.58. The SMILES string of the molecule is N#CC1=C(N)N(c2cc(Cl)cc(Cl)c2)C2=C(C(=O)CCC2)C1c1ccc(Br)s1. The minimum atomic E-state index is -0.449. The van der Waals surface area contributed by atoms with Crippen LogP contribution in [-0.4, -0.2) is 5.78 Å². The lowest BCUT2D eigenvalue weighted by Crippen LogP contribution is -2.38. The van der Waals surface area contributed by atoms with Crippen molar-refractivity contribution >= 4 is 61.9 Å². The minimum absolute atomic E-state index is 0.0501. The largest absolute Gasteiger partial charge is 0.384 e. The van der Waals surface area contributed by atoms with Crippen molar-refractivity contribution in [2.75, 3.05) is 4.90 Å². The van der Waals surface area contributed by atoms with Gasteiger partial charge in [0.15, 0.2) is 5.78 Å². The van der Waals surface area contributed by atoms with Gasteiger partial charge < -0.3 is 5.73 Å². The fourth-order valence-electron chi connectivity index (χ4n) is 3.82. The standard InChI is InChI=1S/C20H14BrCl2N3OS/c21-17-5-4-16(28-17)18-13(9-24)20(25)26(12-7-10(22)6-11(23)8-12)14-2-1-3-15(27)19(14)18/h4-8,18H,1-3,25H2. The van der Waals surface area contributed by atoms with Gasteiger partial charge in [-0.3, -0.25) is 9.69 Å². The molecule has 2 heterocycles. The van der Waals surface area contributed by atoms with Crippen LogP contribution in [0.3, 0.4) is 0 Å². The Hall–Kier alpha value is -1.78. The molecular formula is C20H14BrCl2N3OS. The maximum atomic E-state index is 13.0. The molecule has 4 rings (SSSR count). The minimum Gasteiger partial charge on any atom is -0.384 e. The van der Waals surface area contributed by atoms with Gasteiger partial charge in [0, 0.05) is 32.6 Å². The third kappa shape index (κ3) is 3.27. The molecule has 2 aliphatic rings. The van der Waals surface area contributed by atoms with Gasteiger partial charge in [0.05, 0.1) is 27.0 Å². The number of rotatable bonds is 2. The van der Waals surface area contributed by atoms with Crippen LogP contribution in [0.2, 0.25) is 10.0 Å². The van der Waals surface area contributed by atoms with Crippen LogP contribution in [0.1, 0.15) is 30.1 Å². The second-order valence-corrected chi connectivity index (χ2v) is 9.95. The van der Waals surface area contributed by atoms with Gasteiger partial charge in [-0.25, -0.2) is 0 Å². The second-order valence-electron chi connectivity index (χ2n) is 6.59. The molecule has 0 amide bonds.